The number of aromatic nitrogens is 2. The van der Waals surface area contributed by atoms with Crippen molar-refractivity contribution < 1.29 is 24.3 Å². The highest BCUT2D eigenvalue weighted by Gasteiger charge is 2.40. The predicted octanol–water partition coefficient (Wildman–Crippen LogP) is 2.23. The number of carboxylic acids is 1. The topological polar surface area (TPSA) is 159 Å². The number of hydrogen-bond acceptors (Lipinski definition) is 5. The van der Waals surface area contributed by atoms with Gasteiger partial charge in [0.25, 0.3) is 0 Å². The van der Waals surface area contributed by atoms with Crippen LogP contribution in [-0.4, -0.2) is 80.9 Å². The van der Waals surface area contributed by atoms with E-state index in [4.69, 9.17) is 0 Å². The third-order valence-electron chi connectivity index (χ3n) is 8.64. The van der Waals surface area contributed by atoms with Crippen molar-refractivity contribution in [3.8, 4) is 0 Å². The number of nitrogens with one attached hydrogen (secondary N) is 5. The number of carbonyl (C=O) groups is 4. The number of carbonyl (C=O) groups excluding carboxylic acids is 3. The fourth-order valence-corrected chi connectivity index (χ4v) is 6.39. The van der Waals surface area contributed by atoms with Gasteiger partial charge < -0.3 is 35.9 Å². The average Bonchev–Trinajstić information content (AvgIpc) is 3.83. The van der Waals surface area contributed by atoms with Gasteiger partial charge >= 0.3 is 5.97 Å². The number of amides is 3. The summed E-state index contributed by atoms with van der Waals surface area (Å²) in [6.07, 6.45) is 6.55. The van der Waals surface area contributed by atoms with Crippen LogP contribution in [0.2, 0.25) is 0 Å². The van der Waals surface area contributed by atoms with Crippen LogP contribution in [0.15, 0.2) is 60.9 Å². The molecule has 6 rings (SSSR count). The highest BCUT2D eigenvalue weighted by molar-refractivity contribution is 5.95. The fourth-order valence-electron chi connectivity index (χ4n) is 6.39. The summed E-state index contributed by atoms with van der Waals surface area (Å²) >= 11 is 0. The molecule has 224 valence electrons. The quantitative estimate of drug-likeness (QED) is 0.168. The van der Waals surface area contributed by atoms with Gasteiger partial charge in [0.1, 0.15) is 18.1 Å². The normalized spacial score (nSPS) is 19.9. The fraction of sp³-hybridized carbons (Fsp3) is 0.375. The molecular weight excluding hydrogens is 548 g/mol. The zero-order chi connectivity index (χ0) is 29.9. The number of H-pyrrole nitrogens is 2. The lowest BCUT2D eigenvalue weighted by molar-refractivity contribution is -0.144. The summed E-state index contributed by atoms with van der Waals surface area (Å²) in [7, 11) is 0. The Bertz CT molecular complexity index is 1650. The monoisotopic (exact) mass is 584 g/mol. The maximum Gasteiger partial charge on any atom is 0.326 e. The predicted molar refractivity (Wildman–Crippen MR) is 161 cm³/mol. The number of likely N-dealkylation sites (tertiary alicyclic amines) is 1. The van der Waals surface area contributed by atoms with Gasteiger partial charge in [-0.15, -0.1) is 0 Å². The molecule has 11 heteroatoms. The van der Waals surface area contributed by atoms with Crippen molar-refractivity contribution in [1.82, 2.24) is 30.8 Å². The van der Waals surface area contributed by atoms with Crippen LogP contribution in [0.4, 0.5) is 0 Å². The molecule has 4 aromatic rings. The van der Waals surface area contributed by atoms with Crippen LogP contribution < -0.4 is 16.0 Å². The summed E-state index contributed by atoms with van der Waals surface area (Å²) in [5.41, 5.74) is 3.49. The molecule has 0 bridgehead atoms. The van der Waals surface area contributed by atoms with Crippen molar-refractivity contribution in [3.63, 3.8) is 0 Å². The number of rotatable bonds is 10. The summed E-state index contributed by atoms with van der Waals surface area (Å²) in [4.78, 5) is 60.8. The van der Waals surface area contributed by atoms with Crippen LogP contribution in [0, 0.1) is 0 Å². The minimum absolute atomic E-state index is 0.0966. The number of nitrogens with zero attached hydrogens (tertiary/aromatic N) is 1. The van der Waals surface area contributed by atoms with Gasteiger partial charge in [0.15, 0.2) is 0 Å². The van der Waals surface area contributed by atoms with E-state index in [1.165, 1.54) is 4.90 Å². The molecule has 0 saturated carbocycles. The lowest BCUT2D eigenvalue weighted by Gasteiger charge is -2.30. The molecule has 3 amide bonds. The second kappa shape index (κ2) is 12.3. The molecule has 4 unspecified atom stereocenters. The Morgan fingerprint density at radius 2 is 1.42 bits per heavy atom. The highest BCUT2D eigenvalue weighted by atomic mass is 16.4. The first-order valence-electron chi connectivity index (χ1n) is 14.9. The second-order valence-electron chi connectivity index (χ2n) is 11.4. The minimum Gasteiger partial charge on any atom is -0.480 e. The van der Waals surface area contributed by atoms with E-state index in [0.717, 1.165) is 45.9 Å². The van der Waals surface area contributed by atoms with Crippen molar-refractivity contribution in [2.24, 2.45) is 0 Å². The van der Waals surface area contributed by atoms with Crippen LogP contribution in [0.3, 0.4) is 0 Å². The smallest absolute Gasteiger partial charge is 0.326 e. The molecular formula is C32H36N6O5. The molecule has 2 saturated heterocycles. The van der Waals surface area contributed by atoms with E-state index in [1.807, 2.05) is 54.7 Å². The molecule has 2 fully saturated rings. The maximum absolute atomic E-state index is 14.1. The van der Waals surface area contributed by atoms with Gasteiger partial charge in [-0.1, -0.05) is 36.4 Å². The zero-order valence-electron chi connectivity index (χ0n) is 23.8. The molecule has 0 spiro atoms. The van der Waals surface area contributed by atoms with Crippen LogP contribution in [0.5, 0.6) is 0 Å². The number of aliphatic carboxylic acids is 1. The Morgan fingerprint density at radius 1 is 0.814 bits per heavy atom. The molecule has 0 radical (unpaired) electrons. The van der Waals surface area contributed by atoms with Crippen molar-refractivity contribution in [1.29, 1.82) is 0 Å². The molecule has 4 heterocycles. The van der Waals surface area contributed by atoms with Gasteiger partial charge in [-0.05, 0) is 55.5 Å². The average molecular weight is 585 g/mol. The molecule has 11 nitrogen and oxygen atoms in total. The summed E-state index contributed by atoms with van der Waals surface area (Å²) in [6, 6.07) is 12.1. The van der Waals surface area contributed by atoms with Crippen LogP contribution >= 0.6 is 0 Å². The molecule has 6 N–H and O–H groups in total. The summed E-state index contributed by atoms with van der Waals surface area (Å²) in [6.45, 7) is 1.09. The lowest BCUT2D eigenvalue weighted by Crippen LogP contribution is -2.57. The number of para-hydroxylation sites is 2. The van der Waals surface area contributed by atoms with Gasteiger partial charge in [-0.3, -0.25) is 14.4 Å². The van der Waals surface area contributed by atoms with E-state index >= 15 is 0 Å². The van der Waals surface area contributed by atoms with Crippen LogP contribution in [-0.2, 0) is 32.0 Å². The van der Waals surface area contributed by atoms with Gasteiger partial charge in [0.05, 0.1) is 6.04 Å². The van der Waals surface area contributed by atoms with E-state index < -0.39 is 30.0 Å². The molecule has 2 aliphatic rings. The van der Waals surface area contributed by atoms with Gasteiger partial charge in [-0.2, -0.15) is 0 Å². The van der Waals surface area contributed by atoms with Crippen molar-refractivity contribution in [2.45, 2.75) is 62.7 Å². The Balaban J connectivity index is 1.20. The molecule has 43 heavy (non-hydrogen) atoms. The largest absolute Gasteiger partial charge is 0.480 e. The lowest BCUT2D eigenvalue weighted by atomic mass is 10.0. The van der Waals surface area contributed by atoms with Crippen LogP contribution in [0.25, 0.3) is 21.8 Å². The summed E-state index contributed by atoms with van der Waals surface area (Å²) in [5, 5.41) is 20.7. The van der Waals surface area contributed by atoms with Gasteiger partial charge in [0.2, 0.25) is 17.7 Å². The number of benzene rings is 2. The number of carboxylic acid groups (broad SMARTS) is 1. The second-order valence-corrected chi connectivity index (χ2v) is 11.4. The first kappa shape index (κ1) is 28.5. The molecule has 2 aliphatic heterocycles. The van der Waals surface area contributed by atoms with E-state index in [0.29, 0.717) is 25.8 Å². The van der Waals surface area contributed by atoms with E-state index in [9.17, 15) is 24.3 Å². The Hall–Kier alpha value is -4.64. The van der Waals surface area contributed by atoms with Crippen LogP contribution in [0.1, 0.15) is 36.8 Å². The minimum atomic E-state index is -1.17. The first-order chi connectivity index (χ1) is 20.9. The summed E-state index contributed by atoms with van der Waals surface area (Å²) < 4.78 is 0. The highest BCUT2D eigenvalue weighted by Crippen LogP contribution is 2.24. The van der Waals surface area contributed by atoms with E-state index in [-0.39, 0.29) is 30.7 Å². The van der Waals surface area contributed by atoms with E-state index in [2.05, 4.69) is 25.9 Å². The van der Waals surface area contributed by atoms with Gasteiger partial charge in [0, 0.05) is 53.6 Å². The molecule has 0 aliphatic carbocycles. The molecule has 2 aromatic carbocycles. The zero-order valence-corrected chi connectivity index (χ0v) is 23.8. The number of aromatic amines is 2. The number of hydrogen-bond donors (Lipinski definition) is 6. The van der Waals surface area contributed by atoms with Crippen molar-refractivity contribution >= 4 is 45.5 Å². The Morgan fingerprint density at radius 3 is 2.02 bits per heavy atom. The Kier molecular flexibility index (Phi) is 8.15. The van der Waals surface area contributed by atoms with E-state index in [1.54, 1.807) is 6.20 Å². The first-order valence-corrected chi connectivity index (χ1v) is 14.9. The van der Waals surface area contributed by atoms with Crippen molar-refractivity contribution in [3.05, 3.63) is 72.1 Å². The number of fused-ring (bicyclic) bond motifs is 2. The SMILES string of the molecule is O=C(O)C(Cc1c[nH]c2ccccc12)NC(=O)C1CCCN1C(=O)C(Cc1c[nH]c2ccccc12)NC(=O)C1CCCN1. The molecule has 2 aromatic heterocycles. The maximum atomic E-state index is 14.1. The standard InChI is InChI=1S/C32H36N6O5/c39-29(25-11-5-13-33-25)36-26(15-19-17-34-23-9-3-1-7-21(19)23)31(41)38-14-6-12-28(38)30(40)37-27(32(42)43)16-20-18-35-24-10-4-2-8-22(20)24/h1-4,7-10,17-18,25-28,33-35H,5-6,11-16H2,(H,36,39)(H,37,40)(H,42,43). The van der Waals surface area contributed by atoms with Gasteiger partial charge in [-0.25, -0.2) is 4.79 Å². The summed E-state index contributed by atoms with van der Waals surface area (Å²) in [5.74, 6) is -2.24. The van der Waals surface area contributed by atoms with Crippen molar-refractivity contribution in [2.75, 3.05) is 13.1 Å². The third-order valence-corrected chi connectivity index (χ3v) is 8.64. The Labute approximate surface area is 248 Å². The molecule has 4 atom stereocenters. The third kappa shape index (κ3) is 5.98.